The quantitative estimate of drug-likeness (QED) is 0.236. The molecule has 1 aliphatic carbocycles. The second-order valence-electron chi connectivity index (χ2n) is 11.2. The van der Waals surface area contributed by atoms with Crippen molar-refractivity contribution in [2.24, 2.45) is 10.9 Å². The zero-order chi connectivity index (χ0) is 28.1. The number of nitrogens with zero attached hydrogens (tertiary/aromatic N) is 4. The maximum atomic E-state index is 12.5. The van der Waals surface area contributed by atoms with Crippen LogP contribution in [0.25, 0.3) is 0 Å². The number of para-hydroxylation sites is 1. The molecule has 3 aliphatic rings. The first-order chi connectivity index (χ1) is 19.4. The summed E-state index contributed by atoms with van der Waals surface area (Å²) < 4.78 is 7.42. The van der Waals surface area contributed by atoms with Crippen LogP contribution in [-0.4, -0.2) is 86.4 Å². The number of anilines is 1. The number of aromatic nitrogens is 2. The van der Waals surface area contributed by atoms with Crippen LogP contribution in [0.3, 0.4) is 0 Å². The van der Waals surface area contributed by atoms with E-state index in [-0.39, 0.29) is 12.5 Å². The Hall–Kier alpha value is -2.89. The van der Waals surface area contributed by atoms with Crippen LogP contribution in [0.4, 0.5) is 11.5 Å². The van der Waals surface area contributed by atoms with Gasteiger partial charge in [0.25, 0.3) is 0 Å². The fraction of sp³-hybridized carbons (Fsp3) is 0.567. The van der Waals surface area contributed by atoms with E-state index in [0.29, 0.717) is 18.3 Å². The van der Waals surface area contributed by atoms with Gasteiger partial charge in [-0.3, -0.25) is 14.3 Å². The van der Waals surface area contributed by atoms with Crippen molar-refractivity contribution in [1.29, 1.82) is 0 Å². The van der Waals surface area contributed by atoms with E-state index >= 15 is 0 Å². The lowest BCUT2D eigenvalue weighted by Gasteiger charge is -2.31. The topological polar surface area (TPSA) is 132 Å². The second-order valence-corrected chi connectivity index (χ2v) is 11.2. The molecule has 4 unspecified atom stereocenters. The van der Waals surface area contributed by atoms with Gasteiger partial charge >= 0.3 is 0 Å². The summed E-state index contributed by atoms with van der Waals surface area (Å²) in [7, 11) is 0. The molecule has 2 fully saturated rings. The van der Waals surface area contributed by atoms with E-state index in [1.807, 2.05) is 37.4 Å². The molecule has 5 rings (SSSR count). The number of ether oxygens (including phenoxy) is 1. The fourth-order valence-corrected chi connectivity index (χ4v) is 5.59. The van der Waals surface area contributed by atoms with Crippen molar-refractivity contribution in [3.63, 3.8) is 0 Å². The number of piperidine rings is 1. The Morgan fingerprint density at radius 3 is 2.70 bits per heavy atom. The first kappa shape index (κ1) is 28.6. The molecule has 0 spiro atoms. The Bertz CT molecular complexity index is 1220. The lowest BCUT2D eigenvalue weighted by atomic mass is 9.91. The minimum atomic E-state index is -1.18. The van der Waals surface area contributed by atoms with Crippen molar-refractivity contribution in [3.8, 4) is 0 Å². The average molecular weight is 552 g/mol. The van der Waals surface area contributed by atoms with E-state index in [2.05, 4.69) is 21.3 Å². The van der Waals surface area contributed by atoms with Crippen LogP contribution in [0.2, 0.25) is 0 Å². The molecule has 216 valence electrons. The Kier molecular flexibility index (Phi) is 9.44. The smallest absolute Gasteiger partial charge is 0.238 e. The summed E-state index contributed by atoms with van der Waals surface area (Å²) in [5.74, 6) is 1.26. The van der Waals surface area contributed by atoms with Gasteiger partial charge < -0.3 is 25.4 Å². The van der Waals surface area contributed by atoms with Gasteiger partial charge in [-0.1, -0.05) is 29.8 Å². The number of carbonyl (C=O) groups excluding carboxylic acids is 1. The summed E-state index contributed by atoms with van der Waals surface area (Å²) >= 11 is 0. The second kappa shape index (κ2) is 13.2. The van der Waals surface area contributed by atoms with Gasteiger partial charge in [-0.15, -0.1) is 0 Å². The number of aliphatic hydroxyl groups excluding tert-OH is 3. The van der Waals surface area contributed by atoms with Crippen LogP contribution in [0.15, 0.2) is 47.2 Å². The summed E-state index contributed by atoms with van der Waals surface area (Å²) in [5.41, 5.74) is 4.12. The van der Waals surface area contributed by atoms with Crippen LogP contribution in [0.5, 0.6) is 0 Å². The fourth-order valence-electron chi connectivity index (χ4n) is 5.59. The van der Waals surface area contributed by atoms with Crippen LogP contribution >= 0.6 is 0 Å². The van der Waals surface area contributed by atoms with Crippen LogP contribution in [0.1, 0.15) is 56.0 Å². The van der Waals surface area contributed by atoms with Crippen LogP contribution in [0, 0.1) is 12.8 Å². The summed E-state index contributed by atoms with van der Waals surface area (Å²) in [6, 6.07) is 7.83. The Balaban J connectivity index is 1.12. The van der Waals surface area contributed by atoms with E-state index in [1.54, 1.807) is 10.9 Å². The lowest BCUT2D eigenvalue weighted by Crippen LogP contribution is -2.39. The summed E-state index contributed by atoms with van der Waals surface area (Å²) in [6.45, 7) is 3.86. The first-order valence-electron chi connectivity index (χ1n) is 14.4. The van der Waals surface area contributed by atoms with Gasteiger partial charge in [0.15, 0.2) is 12.0 Å². The predicted octanol–water partition coefficient (Wildman–Crippen LogP) is 2.90. The monoisotopic (exact) mass is 551 g/mol. The number of aryl methyl sites for hydroxylation is 2. The van der Waals surface area contributed by atoms with Crippen LogP contribution < -0.4 is 5.32 Å². The predicted molar refractivity (Wildman–Crippen MR) is 153 cm³/mol. The van der Waals surface area contributed by atoms with E-state index in [1.165, 1.54) is 5.57 Å². The number of aliphatic imine (C=N–C) groups is 1. The molecule has 0 saturated carbocycles. The zero-order valence-corrected chi connectivity index (χ0v) is 23.2. The summed E-state index contributed by atoms with van der Waals surface area (Å²) in [4.78, 5) is 24.1. The van der Waals surface area contributed by atoms with Crippen molar-refractivity contribution in [2.45, 2.75) is 76.4 Å². The minimum Gasteiger partial charge on any atom is -0.394 e. The highest BCUT2D eigenvalue weighted by atomic mass is 16.6. The number of imidazole rings is 1. The zero-order valence-electron chi connectivity index (χ0n) is 23.2. The number of allylic oxidation sites excluding steroid dienone is 2. The molecular weight excluding hydrogens is 510 g/mol. The number of hydrogen-bond acceptors (Lipinski definition) is 8. The molecule has 2 saturated heterocycles. The van der Waals surface area contributed by atoms with Gasteiger partial charge in [-0.25, -0.2) is 9.98 Å². The van der Waals surface area contributed by atoms with Gasteiger partial charge in [0.1, 0.15) is 18.3 Å². The van der Waals surface area contributed by atoms with Crippen molar-refractivity contribution < 1.29 is 24.9 Å². The molecule has 4 N–H and O–H groups in total. The summed E-state index contributed by atoms with van der Waals surface area (Å²) in [6.07, 6.45) is 8.30. The van der Waals surface area contributed by atoms with E-state index in [9.17, 15) is 20.1 Å². The molecule has 1 aromatic carbocycles. The molecule has 0 bridgehead atoms. The SMILES string of the molecule is Cc1ccccc1NC(=O)CN1CCC(CCCc2ncn(C3OC(CO)C(O)C3O)c2N=CCC2=CC2)CC1. The highest BCUT2D eigenvalue weighted by Crippen LogP contribution is 2.35. The highest BCUT2D eigenvalue weighted by Gasteiger charge is 2.44. The van der Waals surface area contributed by atoms with Gasteiger partial charge in [0, 0.05) is 18.3 Å². The number of carbonyl (C=O) groups is 1. The van der Waals surface area contributed by atoms with Crippen molar-refractivity contribution in [3.05, 3.63) is 53.5 Å². The molecule has 3 heterocycles. The molecule has 2 aliphatic heterocycles. The Morgan fingerprint density at radius 1 is 1.23 bits per heavy atom. The van der Waals surface area contributed by atoms with Crippen LogP contribution in [-0.2, 0) is 16.0 Å². The Morgan fingerprint density at radius 2 is 2.00 bits per heavy atom. The van der Waals surface area contributed by atoms with Crippen molar-refractivity contribution in [1.82, 2.24) is 14.5 Å². The lowest BCUT2D eigenvalue weighted by molar-refractivity contribution is -0.117. The maximum Gasteiger partial charge on any atom is 0.238 e. The number of likely N-dealkylation sites (tertiary alicyclic amines) is 1. The molecule has 10 heteroatoms. The molecule has 10 nitrogen and oxygen atoms in total. The molecule has 40 heavy (non-hydrogen) atoms. The number of benzene rings is 1. The molecule has 0 radical (unpaired) electrons. The van der Waals surface area contributed by atoms with Gasteiger partial charge in [0.2, 0.25) is 5.91 Å². The largest absolute Gasteiger partial charge is 0.394 e. The van der Waals surface area contributed by atoms with E-state index in [4.69, 9.17) is 9.73 Å². The standard InChI is InChI=1S/C30H41N5O5/c1-20-5-2-3-7-23(20)33-26(37)17-34-15-12-21(13-16-34)6-4-8-24-29(31-14-11-22-9-10-22)35(19-32-24)30-28(39)27(38)25(18-36)40-30/h2-3,5,7,9,14,19,21,25,27-28,30,36,38-39H,4,6,8,10-13,15-18H2,1H3,(H,33,37). The Labute approximate surface area is 235 Å². The first-order valence-corrected chi connectivity index (χ1v) is 14.4. The van der Waals surface area contributed by atoms with Crippen molar-refractivity contribution >= 4 is 23.6 Å². The number of aliphatic hydroxyl groups is 3. The molecule has 2 aromatic rings. The van der Waals surface area contributed by atoms with Gasteiger partial charge in [0.05, 0.1) is 25.2 Å². The molecule has 1 aromatic heterocycles. The minimum absolute atomic E-state index is 0.0311. The summed E-state index contributed by atoms with van der Waals surface area (Å²) in [5, 5.41) is 33.3. The molecule has 1 amide bonds. The maximum absolute atomic E-state index is 12.5. The number of amides is 1. The van der Waals surface area contributed by atoms with E-state index < -0.39 is 24.5 Å². The number of hydrogen-bond donors (Lipinski definition) is 4. The third kappa shape index (κ3) is 7.05. The number of rotatable bonds is 12. The third-order valence-corrected chi connectivity index (χ3v) is 8.21. The van der Waals surface area contributed by atoms with E-state index in [0.717, 1.165) is 75.0 Å². The normalized spacial score (nSPS) is 25.4. The van der Waals surface area contributed by atoms with Gasteiger partial charge in [-0.2, -0.15) is 0 Å². The average Bonchev–Trinajstić information content (AvgIpc) is 3.63. The number of nitrogens with one attached hydrogen (secondary N) is 1. The highest BCUT2D eigenvalue weighted by molar-refractivity contribution is 5.92. The molecule has 4 atom stereocenters. The van der Waals surface area contributed by atoms with Crippen molar-refractivity contribution in [2.75, 3.05) is 31.6 Å². The molecular formula is C30H41N5O5. The van der Waals surface area contributed by atoms with Gasteiger partial charge in [-0.05, 0) is 76.1 Å². The third-order valence-electron chi connectivity index (χ3n) is 8.21.